The lowest BCUT2D eigenvalue weighted by Crippen LogP contribution is -2.36. The molecule has 0 aliphatic rings. The summed E-state index contributed by atoms with van der Waals surface area (Å²) in [6.07, 6.45) is 0. The summed E-state index contributed by atoms with van der Waals surface area (Å²) in [4.78, 5) is 7.07. The van der Waals surface area contributed by atoms with Gasteiger partial charge in [0.05, 0.1) is 24.1 Å². The van der Waals surface area contributed by atoms with Gasteiger partial charge in [-0.15, -0.1) is 0 Å². The van der Waals surface area contributed by atoms with Gasteiger partial charge in [-0.25, -0.2) is 4.98 Å². The summed E-state index contributed by atoms with van der Waals surface area (Å²) in [7, 11) is 1.68. The van der Waals surface area contributed by atoms with E-state index in [1.54, 1.807) is 7.11 Å². The SMILES string of the molecule is CCN(c1nc(Cl)c(CO)s1)C(C)COC. The Bertz CT molecular complexity index is 333. The standard InChI is InChI=1S/C10H17ClN2O2S/c1-4-13(7(2)6-15-3)10-12-9(11)8(5-14)16-10/h7,14H,4-6H2,1-3H3. The Balaban J connectivity index is 2.85. The van der Waals surface area contributed by atoms with Gasteiger partial charge in [0, 0.05) is 13.7 Å². The lowest BCUT2D eigenvalue weighted by Gasteiger charge is -2.26. The number of nitrogens with zero attached hydrogens (tertiary/aromatic N) is 2. The summed E-state index contributed by atoms with van der Waals surface area (Å²) in [6.45, 7) is 5.53. The van der Waals surface area contributed by atoms with E-state index in [4.69, 9.17) is 21.4 Å². The van der Waals surface area contributed by atoms with Crippen molar-refractivity contribution in [1.82, 2.24) is 4.98 Å². The molecule has 1 rings (SSSR count). The van der Waals surface area contributed by atoms with E-state index < -0.39 is 0 Å². The topological polar surface area (TPSA) is 45.6 Å². The fourth-order valence-corrected chi connectivity index (χ4v) is 2.79. The molecule has 0 amide bonds. The van der Waals surface area contributed by atoms with Crippen molar-refractivity contribution < 1.29 is 9.84 Å². The second-order valence-corrected chi connectivity index (χ2v) is 4.88. The monoisotopic (exact) mass is 264 g/mol. The zero-order valence-electron chi connectivity index (χ0n) is 9.73. The highest BCUT2D eigenvalue weighted by atomic mass is 35.5. The Morgan fingerprint density at radius 1 is 1.62 bits per heavy atom. The molecule has 1 atom stereocenters. The number of anilines is 1. The Hall–Kier alpha value is -0.360. The van der Waals surface area contributed by atoms with Crippen LogP contribution in [0.25, 0.3) is 0 Å². The van der Waals surface area contributed by atoms with Crippen LogP contribution in [0.3, 0.4) is 0 Å². The summed E-state index contributed by atoms with van der Waals surface area (Å²) in [5.74, 6) is 0. The molecule has 0 saturated heterocycles. The Morgan fingerprint density at radius 3 is 2.75 bits per heavy atom. The van der Waals surface area contributed by atoms with Gasteiger partial charge in [-0.05, 0) is 13.8 Å². The van der Waals surface area contributed by atoms with Crippen LogP contribution in [0.2, 0.25) is 5.15 Å². The van der Waals surface area contributed by atoms with Crippen molar-refractivity contribution in [3.63, 3.8) is 0 Å². The molecule has 0 saturated carbocycles. The maximum Gasteiger partial charge on any atom is 0.187 e. The summed E-state index contributed by atoms with van der Waals surface area (Å²) >= 11 is 7.33. The highest BCUT2D eigenvalue weighted by molar-refractivity contribution is 7.16. The average molecular weight is 265 g/mol. The van der Waals surface area contributed by atoms with Crippen molar-refractivity contribution in [1.29, 1.82) is 0 Å². The van der Waals surface area contributed by atoms with Crippen molar-refractivity contribution in [3.8, 4) is 0 Å². The molecule has 0 aliphatic carbocycles. The molecule has 1 aromatic rings. The first kappa shape index (κ1) is 13.7. The number of aliphatic hydroxyl groups excluding tert-OH is 1. The van der Waals surface area contributed by atoms with E-state index in [9.17, 15) is 0 Å². The van der Waals surface area contributed by atoms with Gasteiger partial charge in [0.2, 0.25) is 0 Å². The third-order valence-electron chi connectivity index (χ3n) is 2.31. The number of likely N-dealkylation sites (N-methyl/N-ethyl adjacent to an activating group) is 1. The van der Waals surface area contributed by atoms with Gasteiger partial charge in [-0.1, -0.05) is 22.9 Å². The molecule has 1 N–H and O–H groups in total. The van der Waals surface area contributed by atoms with E-state index in [2.05, 4.69) is 23.7 Å². The Labute approximate surface area is 105 Å². The van der Waals surface area contributed by atoms with Crippen LogP contribution >= 0.6 is 22.9 Å². The molecule has 4 nitrogen and oxygen atoms in total. The van der Waals surface area contributed by atoms with Gasteiger partial charge in [0.25, 0.3) is 0 Å². The summed E-state index contributed by atoms with van der Waals surface area (Å²) in [5.41, 5.74) is 0. The molecule has 1 unspecified atom stereocenters. The maximum absolute atomic E-state index is 9.07. The first-order chi connectivity index (χ1) is 7.63. The average Bonchev–Trinajstić information content (AvgIpc) is 2.61. The molecule has 1 heterocycles. The van der Waals surface area contributed by atoms with Crippen LogP contribution in [0.15, 0.2) is 0 Å². The van der Waals surface area contributed by atoms with Crippen molar-refractivity contribution >= 4 is 28.1 Å². The first-order valence-corrected chi connectivity index (χ1v) is 6.35. The van der Waals surface area contributed by atoms with Gasteiger partial charge >= 0.3 is 0 Å². The number of methoxy groups -OCH3 is 1. The molecule has 92 valence electrons. The fourth-order valence-electron chi connectivity index (χ4n) is 1.51. The smallest absolute Gasteiger partial charge is 0.187 e. The Kier molecular flexibility index (Phi) is 5.48. The van der Waals surface area contributed by atoms with Gasteiger partial charge < -0.3 is 14.7 Å². The minimum absolute atomic E-state index is 0.0628. The number of aromatic nitrogens is 1. The lowest BCUT2D eigenvalue weighted by atomic mass is 10.3. The molecule has 0 bridgehead atoms. The van der Waals surface area contributed by atoms with Gasteiger partial charge in [0.15, 0.2) is 5.13 Å². The molecule has 0 aliphatic heterocycles. The minimum Gasteiger partial charge on any atom is -0.391 e. The predicted molar refractivity (Wildman–Crippen MR) is 67.4 cm³/mol. The van der Waals surface area contributed by atoms with Gasteiger partial charge in [-0.3, -0.25) is 0 Å². The minimum atomic E-state index is -0.0628. The summed E-state index contributed by atoms with van der Waals surface area (Å²) < 4.78 is 5.12. The number of rotatable bonds is 6. The van der Waals surface area contributed by atoms with E-state index in [1.165, 1.54) is 11.3 Å². The van der Waals surface area contributed by atoms with Crippen molar-refractivity contribution in [2.24, 2.45) is 0 Å². The largest absolute Gasteiger partial charge is 0.391 e. The zero-order chi connectivity index (χ0) is 12.1. The molecule has 16 heavy (non-hydrogen) atoms. The first-order valence-electron chi connectivity index (χ1n) is 5.15. The van der Waals surface area contributed by atoms with Crippen LogP contribution in [0, 0.1) is 0 Å². The van der Waals surface area contributed by atoms with Crippen LogP contribution in [-0.4, -0.2) is 36.4 Å². The number of aliphatic hydroxyl groups is 1. The third kappa shape index (κ3) is 3.07. The second kappa shape index (κ2) is 6.39. The van der Waals surface area contributed by atoms with E-state index >= 15 is 0 Å². The van der Waals surface area contributed by atoms with Crippen LogP contribution in [0.4, 0.5) is 5.13 Å². The number of halogens is 1. The lowest BCUT2D eigenvalue weighted by molar-refractivity contribution is 0.182. The number of thiazole rings is 1. The Morgan fingerprint density at radius 2 is 2.31 bits per heavy atom. The highest BCUT2D eigenvalue weighted by Gasteiger charge is 2.18. The highest BCUT2D eigenvalue weighted by Crippen LogP contribution is 2.30. The van der Waals surface area contributed by atoms with E-state index in [1.807, 2.05) is 0 Å². The van der Waals surface area contributed by atoms with E-state index in [0.717, 1.165) is 11.7 Å². The van der Waals surface area contributed by atoms with E-state index in [0.29, 0.717) is 16.6 Å². The molecule has 0 aromatic carbocycles. The quantitative estimate of drug-likeness (QED) is 0.855. The fraction of sp³-hybridized carbons (Fsp3) is 0.700. The molecular formula is C10H17ClN2O2S. The summed E-state index contributed by atoms with van der Waals surface area (Å²) in [6, 6.07) is 0.240. The van der Waals surface area contributed by atoms with Crippen LogP contribution in [0.1, 0.15) is 18.7 Å². The molecule has 0 fully saturated rings. The predicted octanol–water partition coefficient (Wildman–Crippen LogP) is 2.15. The van der Waals surface area contributed by atoms with Crippen LogP contribution < -0.4 is 4.90 Å². The number of hydrogen-bond donors (Lipinski definition) is 1. The van der Waals surface area contributed by atoms with Crippen LogP contribution in [0.5, 0.6) is 0 Å². The van der Waals surface area contributed by atoms with Crippen molar-refractivity contribution in [3.05, 3.63) is 10.0 Å². The summed E-state index contributed by atoms with van der Waals surface area (Å²) in [5, 5.41) is 10.3. The van der Waals surface area contributed by atoms with Crippen molar-refractivity contribution in [2.75, 3.05) is 25.2 Å². The molecule has 0 radical (unpaired) electrons. The molecule has 6 heteroatoms. The molecule has 0 spiro atoms. The van der Waals surface area contributed by atoms with E-state index in [-0.39, 0.29) is 12.6 Å². The molecular weight excluding hydrogens is 248 g/mol. The van der Waals surface area contributed by atoms with Crippen LogP contribution in [-0.2, 0) is 11.3 Å². The zero-order valence-corrected chi connectivity index (χ0v) is 11.3. The second-order valence-electron chi connectivity index (χ2n) is 3.46. The van der Waals surface area contributed by atoms with Gasteiger partial charge in [0.1, 0.15) is 5.15 Å². The van der Waals surface area contributed by atoms with Crippen molar-refractivity contribution in [2.45, 2.75) is 26.5 Å². The maximum atomic E-state index is 9.07. The normalized spacial score (nSPS) is 12.8. The number of ether oxygens (including phenoxy) is 1. The third-order valence-corrected chi connectivity index (χ3v) is 3.81. The van der Waals surface area contributed by atoms with Gasteiger partial charge in [-0.2, -0.15) is 0 Å². The number of hydrogen-bond acceptors (Lipinski definition) is 5. The molecule has 1 aromatic heterocycles.